The van der Waals surface area contributed by atoms with Gasteiger partial charge in [-0.2, -0.15) is 0 Å². The van der Waals surface area contributed by atoms with Crippen molar-refractivity contribution < 1.29 is 14.3 Å². The first-order chi connectivity index (χ1) is 6.48. The van der Waals surface area contributed by atoms with Crippen molar-refractivity contribution in [2.24, 2.45) is 10.8 Å². The van der Waals surface area contributed by atoms with Crippen molar-refractivity contribution in [1.29, 1.82) is 0 Å². The molecule has 0 aromatic heterocycles. The monoisotopic (exact) mass is 232 g/mol. The summed E-state index contributed by atoms with van der Waals surface area (Å²) in [6.07, 6.45) is 5.54. The van der Waals surface area contributed by atoms with Crippen molar-refractivity contribution in [3.8, 4) is 12.3 Å². The molecule has 0 atom stereocenters. The number of hydrogen-bond donors (Lipinski definition) is 2. The van der Waals surface area contributed by atoms with Crippen LogP contribution < -0.4 is 0 Å². The summed E-state index contributed by atoms with van der Waals surface area (Å²) in [6, 6.07) is 0. The second-order valence-corrected chi connectivity index (χ2v) is 6.36. The van der Waals surface area contributed by atoms with Gasteiger partial charge in [0.05, 0.1) is 0 Å². The Hall–Kier alpha value is -0.130. The van der Waals surface area contributed by atoms with Gasteiger partial charge in [0.25, 0.3) is 0 Å². The van der Waals surface area contributed by atoms with Gasteiger partial charge in [0.15, 0.2) is 0 Å². The van der Waals surface area contributed by atoms with E-state index < -0.39 is 14.2 Å². The van der Waals surface area contributed by atoms with Crippen molar-refractivity contribution in [3.05, 3.63) is 0 Å². The Labute approximate surface area is 93.8 Å². The van der Waals surface area contributed by atoms with Gasteiger partial charge in [0.1, 0.15) is 5.60 Å². The lowest BCUT2D eigenvalue weighted by atomic mass is 9.63. The third kappa shape index (κ3) is 2.92. The number of rotatable bonds is 2. The maximum atomic E-state index is 9.05. The molecule has 0 heterocycles. The summed E-state index contributed by atoms with van der Waals surface area (Å²) in [7, 11) is -2.47. The van der Waals surface area contributed by atoms with E-state index >= 15 is 0 Å². The van der Waals surface area contributed by atoms with Crippen LogP contribution in [0.25, 0.3) is 0 Å². The minimum absolute atomic E-state index is 0.383. The lowest BCUT2D eigenvalue weighted by Gasteiger charge is -2.48. The highest BCUT2D eigenvalue weighted by Crippen LogP contribution is 2.51. The Balaban J connectivity index is 5.46. The van der Waals surface area contributed by atoms with E-state index in [1.54, 1.807) is 0 Å². The summed E-state index contributed by atoms with van der Waals surface area (Å²) in [5.74, 6) is 2.60. The first kappa shape index (κ1) is 14.9. The van der Waals surface area contributed by atoms with Crippen LogP contribution in [0.1, 0.15) is 41.5 Å². The van der Waals surface area contributed by atoms with E-state index in [9.17, 15) is 0 Å². The van der Waals surface area contributed by atoms with E-state index in [-0.39, 0.29) is 10.8 Å². The quantitative estimate of drug-likeness (QED) is 0.568. The van der Waals surface area contributed by atoms with Crippen molar-refractivity contribution in [2.75, 3.05) is 0 Å². The predicted molar refractivity (Wildman–Crippen MR) is 62.9 cm³/mol. The zero-order valence-electron chi connectivity index (χ0n) is 10.3. The molecule has 0 saturated heterocycles. The maximum Gasteiger partial charge on any atom is 0.328 e. The van der Waals surface area contributed by atoms with Gasteiger partial charge in [0, 0.05) is 10.8 Å². The molecule has 0 saturated carbocycles. The third-order valence-corrected chi connectivity index (χ3v) is 2.97. The maximum absolute atomic E-state index is 9.05. The molecule has 3 nitrogen and oxygen atoms in total. The van der Waals surface area contributed by atoms with Gasteiger partial charge in [-0.05, 0) is 0 Å². The van der Waals surface area contributed by atoms with Crippen LogP contribution in [0.3, 0.4) is 0 Å². The molecule has 0 unspecified atom stereocenters. The molecule has 2 N–H and O–H groups in total. The van der Waals surface area contributed by atoms with Gasteiger partial charge in [-0.1, -0.05) is 47.5 Å². The van der Waals surface area contributed by atoms with Crippen LogP contribution in [0.15, 0.2) is 0 Å². The van der Waals surface area contributed by atoms with Crippen LogP contribution >= 0.6 is 8.60 Å². The Morgan fingerprint density at radius 3 is 1.40 bits per heavy atom. The van der Waals surface area contributed by atoms with Gasteiger partial charge < -0.3 is 9.79 Å². The first-order valence-corrected chi connectivity index (χ1v) is 5.99. The van der Waals surface area contributed by atoms with Crippen molar-refractivity contribution in [2.45, 2.75) is 47.1 Å². The van der Waals surface area contributed by atoms with E-state index in [0.29, 0.717) is 0 Å². The highest BCUT2D eigenvalue weighted by atomic mass is 31.2. The Morgan fingerprint density at radius 2 is 1.33 bits per heavy atom. The van der Waals surface area contributed by atoms with E-state index in [1.807, 2.05) is 41.5 Å². The zero-order valence-corrected chi connectivity index (χ0v) is 11.2. The predicted octanol–water partition coefficient (Wildman–Crippen LogP) is 2.68. The minimum Gasteiger partial charge on any atom is -0.328 e. The molecular formula is C11H21O3P. The summed E-state index contributed by atoms with van der Waals surface area (Å²) in [6.45, 7) is 11.6. The van der Waals surface area contributed by atoms with E-state index in [2.05, 4.69) is 5.92 Å². The average molecular weight is 232 g/mol. The van der Waals surface area contributed by atoms with Gasteiger partial charge in [-0.3, -0.25) is 4.52 Å². The van der Waals surface area contributed by atoms with Gasteiger partial charge in [0.2, 0.25) is 0 Å². The van der Waals surface area contributed by atoms with Gasteiger partial charge in [-0.15, -0.1) is 6.42 Å². The molecule has 0 aromatic carbocycles. The molecule has 0 spiro atoms. The minimum atomic E-state index is -2.47. The van der Waals surface area contributed by atoms with Crippen molar-refractivity contribution in [3.63, 3.8) is 0 Å². The first-order valence-electron chi connectivity index (χ1n) is 4.83. The standard InChI is InChI=1S/C11H21O3P/c1-8-11(9(2,3)4,10(5,6)7)14-15(12)13/h1,12-13H,2-7H3. The molecule has 0 aliphatic rings. The molecule has 15 heavy (non-hydrogen) atoms. The van der Waals surface area contributed by atoms with E-state index in [0.717, 1.165) is 0 Å². The topological polar surface area (TPSA) is 49.7 Å². The molecule has 0 bridgehead atoms. The van der Waals surface area contributed by atoms with Crippen LogP contribution in [0.4, 0.5) is 0 Å². The zero-order chi connectivity index (χ0) is 12.5. The molecule has 0 amide bonds. The third-order valence-electron chi connectivity index (χ3n) is 2.53. The van der Waals surface area contributed by atoms with E-state index in [1.165, 1.54) is 0 Å². The van der Waals surface area contributed by atoms with Crippen molar-refractivity contribution in [1.82, 2.24) is 0 Å². The number of terminal acetylenes is 1. The Kier molecular flexibility index (Phi) is 4.35. The second kappa shape index (κ2) is 4.39. The van der Waals surface area contributed by atoms with Crippen LogP contribution in [-0.2, 0) is 4.52 Å². The fourth-order valence-corrected chi connectivity index (χ4v) is 2.83. The van der Waals surface area contributed by atoms with Crippen LogP contribution in [0.2, 0.25) is 0 Å². The molecule has 0 aliphatic carbocycles. The molecule has 0 aromatic rings. The molecule has 88 valence electrons. The lowest BCUT2D eigenvalue weighted by Crippen LogP contribution is -2.53. The van der Waals surface area contributed by atoms with E-state index in [4.69, 9.17) is 20.7 Å². The SMILES string of the molecule is C#CC(OP(O)O)(C(C)(C)C)C(C)(C)C. The summed E-state index contributed by atoms with van der Waals surface area (Å²) < 4.78 is 5.26. The molecule has 0 radical (unpaired) electrons. The fraction of sp³-hybridized carbons (Fsp3) is 0.818. The Bertz CT molecular complexity index is 238. The highest BCUT2D eigenvalue weighted by Gasteiger charge is 2.52. The highest BCUT2D eigenvalue weighted by molar-refractivity contribution is 7.39. The lowest BCUT2D eigenvalue weighted by molar-refractivity contribution is -0.0717. The Morgan fingerprint density at radius 1 is 1.00 bits per heavy atom. The second-order valence-electron chi connectivity index (χ2n) is 5.67. The summed E-state index contributed by atoms with van der Waals surface area (Å²) in [4.78, 5) is 18.1. The van der Waals surface area contributed by atoms with Crippen LogP contribution in [0, 0.1) is 23.2 Å². The van der Waals surface area contributed by atoms with Crippen LogP contribution in [-0.4, -0.2) is 15.4 Å². The van der Waals surface area contributed by atoms with Gasteiger partial charge >= 0.3 is 8.60 Å². The molecule has 0 aliphatic heterocycles. The molecular weight excluding hydrogens is 211 g/mol. The van der Waals surface area contributed by atoms with Crippen molar-refractivity contribution >= 4 is 8.60 Å². The van der Waals surface area contributed by atoms with Crippen LogP contribution in [0.5, 0.6) is 0 Å². The average Bonchev–Trinajstić information content (AvgIpc) is 1.94. The molecule has 0 fully saturated rings. The van der Waals surface area contributed by atoms with Gasteiger partial charge in [-0.25, -0.2) is 0 Å². The smallest absolute Gasteiger partial charge is 0.328 e. The summed E-state index contributed by atoms with van der Waals surface area (Å²) in [5.41, 5.74) is -1.77. The molecule has 4 heteroatoms. The summed E-state index contributed by atoms with van der Waals surface area (Å²) >= 11 is 0. The fourth-order valence-electron chi connectivity index (χ4n) is 1.98. The summed E-state index contributed by atoms with van der Waals surface area (Å²) in [5, 5.41) is 0. The largest absolute Gasteiger partial charge is 0.328 e. The normalized spacial score (nSPS) is 14.1. The molecule has 0 rings (SSSR count). The number of hydrogen-bond acceptors (Lipinski definition) is 3.